The minimum absolute atomic E-state index is 0.162. The van der Waals surface area contributed by atoms with Gasteiger partial charge in [0.1, 0.15) is 4.90 Å². The number of sulfonamides is 1. The quantitative estimate of drug-likeness (QED) is 0.814. The van der Waals surface area contributed by atoms with Crippen molar-refractivity contribution in [3.05, 3.63) is 57.6 Å². The molecular formula is C15H17BrN2O2S. The second-order valence-electron chi connectivity index (χ2n) is 4.84. The van der Waals surface area contributed by atoms with Gasteiger partial charge in [-0.2, -0.15) is 0 Å². The van der Waals surface area contributed by atoms with E-state index in [1.807, 2.05) is 37.3 Å². The number of nitrogens with one attached hydrogen (secondary N) is 1. The van der Waals surface area contributed by atoms with E-state index in [1.165, 1.54) is 0 Å². The molecule has 0 aliphatic heterocycles. The van der Waals surface area contributed by atoms with Crippen molar-refractivity contribution in [2.24, 2.45) is 0 Å². The molecule has 0 spiro atoms. The number of nitrogens with two attached hydrogens (primary N) is 1. The van der Waals surface area contributed by atoms with Crippen LogP contribution in [0.15, 0.2) is 45.8 Å². The second-order valence-corrected chi connectivity index (χ2v) is 7.40. The molecule has 6 heteroatoms. The topological polar surface area (TPSA) is 72.2 Å². The second kappa shape index (κ2) is 6.17. The fourth-order valence-corrected chi connectivity index (χ4v) is 3.91. The van der Waals surface area contributed by atoms with Gasteiger partial charge >= 0.3 is 0 Å². The van der Waals surface area contributed by atoms with Crippen molar-refractivity contribution < 1.29 is 8.42 Å². The molecule has 0 saturated carbocycles. The summed E-state index contributed by atoms with van der Waals surface area (Å²) in [5, 5.41) is 0. The molecule has 3 N–H and O–H groups in total. The van der Waals surface area contributed by atoms with E-state index in [-0.39, 0.29) is 17.1 Å². The SMILES string of the molecule is Cc1ccc(N)c(S(=O)(=O)NCc2ccccc2Br)c1C. The molecule has 0 aromatic heterocycles. The zero-order valence-electron chi connectivity index (χ0n) is 11.9. The molecule has 2 aromatic carbocycles. The maximum Gasteiger partial charge on any atom is 0.243 e. The molecule has 0 aliphatic carbocycles. The van der Waals surface area contributed by atoms with Crippen LogP contribution in [0.3, 0.4) is 0 Å². The van der Waals surface area contributed by atoms with Gasteiger partial charge in [0.2, 0.25) is 10.0 Å². The average molecular weight is 369 g/mol. The normalized spacial score (nSPS) is 11.6. The largest absolute Gasteiger partial charge is 0.398 e. The fourth-order valence-electron chi connectivity index (χ4n) is 2.05. The zero-order valence-corrected chi connectivity index (χ0v) is 14.3. The number of benzene rings is 2. The summed E-state index contributed by atoms with van der Waals surface area (Å²) in [5.41, 5.74) is 8.54. The van der Waals surface area contributed by atoms with E-state index < -0.39 is 10.0 Å². The van der Waals surface area contributed by atoms with Crippen molar-refractivity contribution in [1.29, 1.82) is 0 Å². The lowest BCUT2D eigenvalue weighted by Gasteiger charge is -2.14. The highest BCUT2D eigenvalue weighted by molar-refractivity contribution is 9.10. The maximum atomic E-state index is 12.5. The number of aryl methyl sites for hydroxylation is 1. The smallest absolute Gasteiger partial charge is 0.243 e. The summed E-state index contributed by atoms with van der Waals surface area (Å²) in [6.45, 7) is 3.83. The standard InChI is InChI=1S/C15H17BrN2O2S/c1-10-7-8-14(17)15(11(10)2)21(19,20)18-9-12-5-3-4-6-13(12)16/h3-8,18H,9,17H2,1-2H3. The third-order valence-corrected chi connectivity index (χ3v) is 5.76. The van der Waals surface area contributed by atoms with Crippen molar-refractivity contribution in [1.82, 2.24) is 4.72 Å². The predicted molar refractivity (Wildman–Crippen MR) is 88.5 cm³/mol. The lowest BCUT2D eigenvalue weighted by molar-refractivity contribution is 0.581. The fraction of sp³-hybridized carbons (Fsp3) is 0.200. The Balaban J connectivity index is 2.32. The van der Waals surface area contributed by atoms with Crippen molar-refractivity contribution >= 4 is 31.6 Å². The van der Waals surface area contributed by atoms with Gasteiger partial charge in [0.15, 0.2) is 0 Å². The Morgan fingerprint density at radius 1 is 1.14 bits per heavy atom. The molecule has 112 valence electrons. The van der Waals surface area contributed by atoms with E-state index in [9.17, 15) is 8.42 Å². The third kappa shape index (κ3) is 3.45. The van der Waals surface area contributed by atoms with Gasteiger partial charge < -0.3 is 5.73 Å². The molecule has 0 atom stereocenters. The van der Waals surface area contributed by atoms with Crippen molar-refractivity contribution in [2.75, 3.05) is 5.73 Å². The van der Waals surface area contributed by atoms with Crippen LogP contribution < -0.4 is 10.5 Å². The van der Waals surface area contributed by atoms with E-state index in [2.05, 4.69) is 20.7 Å². The monoisotopic (exact) mass is 368 g/mol. The van der Waals surface area contributed by atoms with Crippen molar-refractivity contribution in [3.8, 4) is 0 Å². The molecule has 0 unspecified atom stereocenters. The number of hydrogen-bond acceptors (Lipinski definition) is 3. The Morgan fingerprint density at radius 3 is 2.48 bits per heavy atom. The Kier molecular flexibility index (Phi) is 4.70. The van der Waals surface area contributed by atoms with Crippen LogP contribution in [0.5, 0.6) is 0 Å². The van der Waals surface area contributed by atoms with Crippen LogP contribution in [0.25, 0.3) is 0 Å². The summed E-state index contributed by atoms with van der Waals surface area (Å²) >= 11 is 3.40. The van der Waals surface area contributed by atoms with Crippen LogP contribution >= 0.6 is 15.9 Å². The first kappa shape index (κ1) is 16.0. The first-order valence-corrected chi connectivity index (χ1v) is 8.69. The number of rotatable bonds is 4. The van der Waals surface area contributed by atoms with Crippen molar-refractivity contribution in [3.63, 3.8) is 0 Å². The van der Waals surface area contributed by atoms with E-state index in [4.69, 9.17) is 5.73 Å². The van der Waals surface area contributed by atoms with E-state index in [0.717, 1.165) is 15.6 Å². The van der Waals surface area contributed by atoms with Crippen LogP contribution in [0.4, 0.5) is 5.69 Å². The Labute approximate surface area is 133 Å². The van der Waals surface area contributed by atoms with Gasteiger partial charge in [0, 0.05) is 11.0 Å². The third-order valence-electron chi connectivity index (χ3n) is 3.39. The highest BCUT2D eigenvalue weighted by atomic mass is 79.9. The molecule has 21 heavy (non-hydrogen) atoms. The first-order valence-electron chi connectivity index (χ1n) is 6.41. The minimum Gasteiger partial charge on any atom is -0.398 e. The predicted octanol–water partition coefficient (Wildman–Crippen LogP) is 3.13. The molecule has 0 fully saturated rings. The van der Waals surface area contributed by atoms with Gasteiger partial charge in [-0.15, -0.1) is 0 Å². The summed E-state index contributed by atoms with van der Waals surface area (Å²) in [5.74, 6) is 0. The summed E-state index contributed by atoms with van der Waals surface area (Å²) < 4.78 is 28.5. The molecule has 0 bridgehead atoms. The number of halogens is 1. The number of hydrogen-bond donors (Lipinski definition) is 2. The van der Waals surface area contributed by atoms with Gasteiger partial charge in [-0.1, -0.05) is 40.2 Å². The number of nitrogen functional groups attached to an aromatic ring is 1. The van der Waals surface area contributed by atoms with Crippen LogP contribution in [0, 0.1) is 13.8 Å². The first-order chi connectivity index (χ1) is 9.83. The minimum atomic E-state index is -3.65. The van der Waals surface area contributed by atoms with Gasteiger partial charge in [-0.05, 0) is 42.7 Å². The summed E-state index contributed by atoms with van der Waals surface area (Å²) in [6, 6.07) is 10.9. The molecule has 0 saturated heterocycles. The summed E-state index contributed by atoms with van der Waals surface area (Å²) in [6.07, 6.45) is 0. The molecule has 0 radical (unpaired) electrons. The molecule has 4 nitrogen and oxygen atoms in total. The Morgan fingerprint density at radius 2 is 1.81 bits per heavy atom. The Hall–Kier alpha value is -1.37. The molecule has 0 aliphatic rings. The van der Waals surface area contributed by atoms with Crippen LogP contribution in [0.2, 0.25) is 0 Å². The molecule has 0 heterocycles. The van der Waals surface area contributed by atoms with Crippen LogP contribution in [-0.4, -0.2) is 8.42 Å². The van der Waals surface area contributed by atoms with Gasteiger partial charge in [0.05, 0.1) is 5.69 Å². The van der Waals surface area contributed by atoms with Gasteiger partial charge in [-0.3, -0.25) is 0 Å². The lowest BCUT2D eigenvalue weighted by atomic mass is 10.1. The maximum absolute atomic E-state index is 12.5. The highest BCUT2D eigenvalue weighted by Gasteiger charge is 2.21. The van der Waals surface area contributed by atoms with E-state index in [0.29, 0.717) is 5.56 Å². The van der Waals surface area contributed by atoms with E-state index >= 15 is 0 Å². The van der Waals surface area contributed by atoms with Crippen LogP contribution in [-0.2, 0) is 16.6 Å². The highest BCUT2D eigenvalue weighted by Crippen LogP contribution is 2.25. The van der Waals surface area contributed by atoms with Crippen molar-refractivity contribution in [2.45, 2.75) is 25.3 Å². The summed E-state index contributed by atoms with van der Waals surface area (Å²) in [4.78, 5) is 0.162. The van der Waals surface area contributed by atoms with Gasteiger partial charge in [-0.25, -0.2) is 13.1 Å². The average Bonchev–Trinajstić information content (AvgIpc) is 2.42. The number of anilines is 1. The molecule has 2 rings (SSSR count). The molecule has 0 amide bonds. The Bertz CT molecular complexity index is 773. The lowest BCUT2D eigenvalue weighted by Crippen LogP contribution is -2.25. The van der Waals surface area contributed by atoms with Gasteiger partial charge in [0.25, 0.3) is 0 Å². The molecule has 2 aromatic rings. The van der Waals surface area contributed by atoms with E-state index in [1.54, 1.807) is 13.0 Å². The van der Waals surface area contributed by atoms with Crippen LogP contribution in [0.1, 0.15) is 16.7 Å². The zero-order chi connectivity index (χ0) is 15.6. The summed E-state index contributed by atoms with van der Waals surface area (Å²) in [7, 11) is -3.65. The molecular weight excluding hydrogens is 352 g/mol.